The lowest BCUT2D eigenvalue weighted by molar-refractivity contribution is -0.150. The first kappa shape index (κ1) is 14.5. The van der Waals surface area contributed by atoms with Crippen LogP contribution in [0.4, 0.5) is 18.9 Å². The second-order valence-corrected chi connectivity index (χ2v) is 4.16. The highest BCUT2D eigenvalue weighted by molar-refractivity contribution is 9.10. The zero-order valence-electron chi connectivity index (χ0n) is 8.71. The molecule has 1 aromatic rings. The number of carboxylic acid groups (broad SMARTS) is 1. The normalized spacial score (nSPS) is 11.1. The van der Waals surface area contributed by atoms with Gasteiger partial charge >= 0.3 is 12.1 Å². The number of halogens is 4. The van der Waals surface area contributed by atoms with Crippen molar-refractivity contribution in [3.8, 4) is 0 Å². The predicted molar refractivity (Wildman–Crippen MR) is 60.4 cm³/mol. The number of benzene rings is 1. The number of rotatable bonds is 3. The fourth-order valence-corrected chi connectivity index (χ4v) is 1.66. The molecular formula is C10H7BrF3NO3. The molecule has 0 unspecified atom stereocenters. The minimum absolute atomic E-state index is 0.193. The molecule has 0 aromatic heterocycles. The fraction of sp³-hybridized carbons (Fsp3) is 0.200. The summed E-state index contributed by atoms with van der Waals surface area (Å²) in [6, 6.07) is 3.99. The van der Waals surface area contributed by atoms with Crippen LogP contribution in [0.15, 0.2) is 22.7 Å². The van der Waals surface area contributed by atoms with Gasteiger partial charge in [0.2, 0.25) is 5.91 Å². The van der Waals surface area contributed by atoms with E-state index >= 15 is 0 Å². The Labute approximate surface area is 108 Å². The van der Waals surface area contributed by atoms with Gasteiger partial charge in [-0.1, -0.05) is 6.07 Å². The molecule has 0 bridgehead atoms. The van der Waals surface area contributed by atoms with Crippen LogP contribution in [0.2, 0.25) is 0 Å². The van der Waals surface area contributed by atoms with Crippen LogP contribution in [-0.4, -0.2) is 23.2 Å². The first-order valence-electron chi connectivity index (χ1n) is 4.59. The number of alkyl halides is 3. The maximum Gasteiger partial charge on any atom is 0.397 e. The number of nitrogens with one attached hydrogen (secondary N) is 1. The van der Waals surface area contributed by atoms with Gasteiger partial charge in [0.15, 0.2) is 0 Å². The second kappa shape index (κ2) is 5.38. The SMILES string of the molecule is O=C(CC(F)(F)F)Nc1c(Br)cccc1C(=O)O. The molecule has 98 valence electrons. The molecule has 18 heavy (non-hydrogen) atoms. The Hall–Kier alpha value is -1.57. The van der Waals surface area contributed by atoms with E-state index in [0.29, 0.717) is 0 Å². The summed E-state index contributed by atoms with van der Waals surface area (Å²) in [4.78, 5) is 22.0. The summed E-state index contributed by atoms with van der Waals surface area (Å²) in [6.07, 6.45) is -6.32. The minimum Gasteiger partial charge on any atom is -0.478 e. The number of anilines is 1. The monoisotopic (exact) mass is 325 g/mol. The summed E-state index contributed by atoms with van der Waals surface area (Å²) in [5.74, 6) is -2.67. The first-order valence-corrected chi connectivity index (χ1v) is 5.38. The van der Waals surface area contributed by atoms with Crippen molar-refractivity contribution in [2.75, 3.05) is 5.32 Å². The summed E-state index contributed by atoms with van der Waals surface area (Å²) in [5, 5.41) is 10.8. The van der Waals surface area contributed by atoms with Gasteiger partial charge < -0.3 is 10.4 Å². The van der Waals surface area contributed by atoms with Crippen LogP contribution < -0.4 is 5.32 Å². The number of aromatic carboxylic acids is 1. The summed E-state index contributed by atoms with van der Waals surface area (Å²) in [5.41, 5.74) is -0.487. The summed E-state index contributed by atoms with van der Waals surface area (Å²) in [6.45, 7) is 0. The van der Waals surface area contributed by atoms with Crippen molar-refractivity contribution in [2.45, 2.75) is 12.6 Å². The molecule has 1 aromatic carbocycles. The van der Waals surface area contributed by atoms with Crippen LogP contribution in [0, 0.1) is 0 Å². The van der Waals surface area contributed by atoms with E-state index in [1.54, 1.807) is 0 Å². The standard InChI is InChI=1S/C10H7BrF3NO3/c11-6-3-1-2-5(9(17)18)8(6)15-7(16)4-10(12,13)14/h1-3H,4H2,(H,15,16)(H,17,18). The van der Waals surface area contributed by atoms with Crippen LogP contribution >= 0.6 is 15.9 Å². The molecule has 0 spiro atoms. The van der Waals surface area contributed by atoms with E-state index < -0.39 is 24.5 Å². The van der Waals surface area contributed by atoms with Gasteiger partial charge in [-0.3, -0.25) is 4.79 Å². The van der Waals surface area contributed by atoms with Crippen molar-refractivity contribution in [3.63, 3.8) is 0 Å². The van der Waals surface area contributed by atoms with Gasteiger partial charge in [0.1, 0.15) is 6.42 Å². The first-order chi connectivity index (χ1) is 8.20. The Morgan fingerprint density at radius 1 is 1.33 bits per heavy atom. The number of carbonyl (C=O) groups excluding carboxylic acids is 1. The average Bonchev–Trinajstić information content (AvgIpc) is 2.17. The lowest BCUT2D eigenvalue weighted by Crippen LogP contribution is -2.22. The van der Waals surface area contributed by atoms with Crippen LogP contribution in [-0.2, 0) is 4.79 Å². The Balaban J connectivity index is 2.97. The van der Waals surface area contributed by atoms with E-state index in [9.17, 15) is 22.8 Å². The Morgan fingerprint density at radius 3 is 2.44 bits per heavy atom. The third-order valence-electron chi connectivity index (χ3n) is 1.87. The number of hydrogen-bond acceptors (Lipinski definition) is 2. The molecule has 4 nitrogen and oxygen atoms in total. The van der Waals surface area contributed by atoms with Gasteiger partial charge in [-0.15, -0.1) is 0 Å². The largest absolute Gasteiger partial charge is 0.478 e. The number of carboxylic acids is 1. The molecule has 8 heteroatoms. The van der Waals surface area contributed by atoms with Gasteiger partial charge in [-0.2, -0.15) is 13.2 Å². The van der Waals surface area contributed by atoms with E-state index in [1.807, 2.05) is 5.32 Å². The van der Waals surface area contributed by atoms with Crippen LogP contribution in [0.1, 0.15) is 16.8 Å². The molecule has 0 aliphatic heterocycles. The van der Waals surface area contributed by atoms with Crippen molar-refractivity contribution in [2.24, 2.45) is 0 Å². The highest BCUT2D eigenvalue weighted by Crippen LogP contribution is 2.28. The van der Waals surface area contributed by atoms with Gasteiger partial charge in [-0.25, -0.2) is 4.79 Å². The maximum atomic E-state index is 12.0. The molecule has 1 rings (SSSR count). The molecule has 0 heterocycles. The fourth-order valence-electron chi connectivity index (χ4n) is 1.20. The van der Waals surface area contributed by atoms with Gasteiger partial charge in [0.25, 0.3) is 0 Å². The smallest absolute Gasteiger partial charge is 0.397 e. The lowest BCUT2D eigenvalue weighted by atomic mass is 10.1. The lowest BCUT2D eigenvalue weighted by Gasteiger charge is -2.11. The maximum absolute atomic E-state index is 12.0. The Bertz CT molecular complexity index is 488. The van der Waals surface area contributed by atoms with E-state index in [-0.39, 0.29) is 15.7 Å². The molecule has 0 aliphatic carbocycles. The molecule has 0 atom stereocenters. The van der Waals surface area contributed by atoms with Gasteiger partial charge in [0.05, 0.1) is 11.3 Å². The van der Waals surface area contributed by atoms with Gasteiger partial charge in [-0.05, 0) is 28.1 Å². The molecule has 2 N–H and O–H groups in total. The number of carbonyl (C=O) groups is 2. The highest BCUT2D eigenvalue weighted by atomic mass is 79.9. The summed E-state index contributed by atoms with van der Waals surface area (Å²) < 4.78 is 36.1. The predicted octanol–water partition coefficient (Wildman–Crippen LogP) is 3.04. The van der Waals surface area contributed by atoms with E-state index in [2.05, 4.69) is 15.9 Å². The second-order valence-electron chi connectivity index (χ2n) is 3.31. The number of hydrogen-bond donors (Lipinski definition) is 2. The van der Waals surface area contributed by atoms with Crippen molar-refractivity contribution in [1.29, 1.82) is 0 Å². The molecule has 0 saturated carbocycles. The van der Waals surface area contributed by atoms with E-state index in [0.717, 1.165) is 0 Å². The molecule has 0 radical (unpaired) electrons. The third kappa shape index (κ3) is 4.02. The van der Waals surface area contributed by atoms with E-state index in [4.69, 9.17) is 5.11 Å². The van der Waals surface area contributed by atoms with Crippen molar-refractivity contribution >= 4 is 33.5 Å². The van der Waals surface area contributed by atoms with Gasteiger partial charge in [0, 0.05) is 4.47 Å². The third-order valence-corrected chi connectivity index (χ3v) is 2.53. The molecular weight excluding hydrogens is 319 g/mol. The highest BCUT2D eigenvalue weighted by Gasteiger charge is 2.31. The number of amides is 1. The zero-order valence-corrected chi connectivity index (χ0v) is 10.3. The number of para-hydroxylation sites is 1. The van der Waals surface area contributed by atoms with Crippen LogP contribution in [0.3, 0.4) is 0 Å². The quantitative estimate of drug-likeness (QED) is 0.897. The Kier molecular flexibility index (Phi) is 4.33. The van der Waals surface area contributed by atoms with Crippen molar-refractivity contribution < 1.29 is 27.9 Å². The van der Waals surface area contributed by atoms with Crippen LogP contribution in [0.25, 0.3) is 0 Å². The molecule has 0 saturated heterocycles. The minimum atomic E-state index is -4.64. The molecule has 1 amide bonds. The molecule has 0 fully saturated rings. The zero-order chi connectivity index (χ0) is 13.9. The topological polar surface area (TPSA) is 66.4 Å². The Morgan fingerprint density at radius 2 is 1.94 bits per heavy atom. The van der Waals surface area contributed by atoms with Crippen molar-refractivity contribution in [1.82, 2.24) is 0 Å². The van der Waals surface area contributed by atoms with Crippen molar-refractivity contribution in [3.05, 3.63) is 28.2 Å². The summed E-state index contributed by atoms with van der Waals surface area (Å²) >= 11 is 2.96. The average molecular weight is 326 g/mol. The summed E-state index contributed by atoms with van der Waals surface area (Å²) in [7, 11) is 0. The van der Waals surface area contributed by atoms with E-state index in [1.165, 1.54) is 18.2 Å². The molecule has 0 aliphatic rings. The van der Waals surface area contributed by atoms with Crippen LogP contribution in [0.5, 0.6) is 0 Å².